The van der Waals surface area contributed by atoms with Crippen LogP contribution in [0.1, 0.15) is 32.0 Å². The molecule has 0 unspecified atom stereocenters. The fourth-order valence-electron chi connectivity index (χ4n) is 3.71. The molecule has 0 saturated carbocycles. The Morgan fingerprint density at radius 3 is 2.71 bits per heavy atom. The fourth-order valence-corrected chi connectivity index (χ4v) is 4.20. The first-order valence-electron chi connectivity index (χ1n) is 9.60. The number of nitrogens with one attached hydrogen (secondary N) is 2. The summed E-state index contributed by atoms with van der Waals surface area (Å²) in [6, 6.07) is 9.87. The minimum absolute atomic E-state index is 0.150. The second kappa shape index (κ2) is 8.61. The number of benzene rings is 2. The van der Waals surface area contributed by atoms with Crippen LogP contribution in [0.15, 0.2) is 36.4 Å². The van der Waals surface area contributed by atoms with Crippen molar-refractivity contribution < 1.29 is 19.1 Å². The fraction of sp³-hybridized carbons (Fsp3) is 0.227. The van der Waals surface area contributed by atoms with Crippen LogP contribution in [-0.2, 0) is 22.5 Å². The van der Waals surface area contributed by atoms with Gasteiger partial charge in [-0.3, -0.25) is 9.59 Å². The molecule has 0 saturated heterocycles. The molecule has 2 amide bonds. The van der Waals surface area contributed by atoms with Crippen LogP contribution in [0.4, 0.5) is 0 Å². The van der Waals surface area contributed by atoms with Gasteiger partial charge in [0.1, 0.15) is 0 Å². The maximum Gasteiger partial charge on any atom is 0.337 e. The number of rotatable bonds is 4. The minimum Gasteiger partial charge on any atom is -0.465 e. The quantitative estimate of drug-likeness (QED) is 0.583. The van der Waals surface area contributed by atoms with Gasteiger partial charge < -0.3 is 19.9 Å². The Morgan fingerprint density at radius 1 is 1.16 bits per heavy atom. The molecule has 0 fully saturated rings. The zero-order valence-electron chi connectivity index (χ0n) is 16.6. The van der Waals surface area contributed by atoms with Gasteiger partial charge in [-0.25, -0.2) is 4.79 Å². The van der Waals surface area contributed by atoms with E-state index in [9.17, 15) is 14.4 Å². The molecule has 2 N–H and O–H groups in total. The van der Waals surface area contributed by atoms with Crippen molar-refractivity contribution in [2.45, 2.75) is 13.0 Å². The highest BCUT2D eigenvalue weighted by Crippen LogP contribution is 2.29. The van der Waals surface area contributed by atoms with Gasteiger partial charge in [0, 0.05) is 46.7 Å². The van der Waals surface area contributed by atoms with Crippen molar-refractivity contribution in [2.75, 3.05) is 20.2 Å². The summed E-state index contributed by atoms with van der Waals surface area (Å²) in [5.74, 6) is -1.06. The summed E-state index contributed by atoms with van der Waals surface area (Å²) in [6.45, 7) is 0.763. The number of carbonyl (C=O) groups excluding carboxylic acids is 3. The van der Waals surface area contributed by atoms with Gasteiger partial charge in [0.15, 0.2) is 0 Å². The van der Waals surface area contributed by atoms with Gasteiger partial charge in [-0.05, 0) is 36.4 Å². The third kappa shape index (κ3) is 4.24. The van der Waals surface area contributed by atoms with E-state index >= 15 is 0 Å². The Balaban J connectivity index is 1.47. The smallest absolute Gasteiger partial charge is 0.337 e. The van der Waals surface area contributed by atoms with E-state index in [0.29, 0.717) is 30.1 Å². The molecule has 9 heteroatoms. The zero-order chi connectivity index (χ0) is 22.1. The summed E-state index contributed by atoms with van der Waals surface area (Å²) >= 11 is 11.9. The summed E-state index contributed by atoms with van der Waals surface area (Å²) in [5, 5.41) is 4.15. The van der Waals surface area contributed by atoms with Gasteiger partial charge in [-0.2, -0.15) is 0 Å². The number of methoxy groups -OCH3 is 1. The normalized spacial score (nSPS) is 13.1. The Labute approximate surface area is 188 Å². The topological polar surface area (TPSA) is 91.5 Å². The number of H-pyrrole nitrogens is 1. The SMILES string of the molecule is COC(=O)c1ccc2[nH]c3c(c2c1)CN(C(=O)CNC(=O)c1ccc(Cl)cc1Cl)CC3. The summed E-state index contributed by atoms with van der Waals surface area (Å²) < 4.78 is 4.80. The van der Waals surface area contributed by atoms with E-state index in [1.807, 2.05) is 6.07 Å². The molecule has 1 aliphatic heterocycles. The first kappa shape index (κ1) is 21.2. The largest absolute Gasteiger partial charge is 0.465 e. The van der Waals surface area contributed by atoms with Gasteiger partial charge >= 0.3 is 5.97 Å². The van der Waals surface area contributed by atoms with Crippen LogP contribution in [0.25, 0.3) is 10.9 Å². The number of hydrogen-bond donors (Lipinski definition) is 2. The van der Waals surface area contributed by atoms with E-state index in [1.165, 1.54) is 19.2 Å². The highest BCUT2D eigenvalue weighted by atomic mass is 35.5. The highest BCUT2D eigenvalue weighted by molar-refractivity contribution is 6.36. The molecule has 1 aliphatic rings. The molecule has 7 nitrogen and oxygen atoms in total. The molecule has 0 atom stereocenters. The van der Waals surface area contributed by atoms with Crippen LogP contribution >= 0.6 is 23.2 Å². The number of esters is 1. The number of halogens is 2. The maximum atomic E-state index is 12.7. The van der Waals surface area contributed by atoms with E-state index in [0.717, 1.165) is 22.2 Å². The van der Waals surface area contributed by atoms with Crippen molar-refractivity contribution in [3.05, 3.63) is 68.8 Å². The molecule has 160 valence electrons. The van der Waals surface area contributed by atoms with Gasteiger partial charge in [0.25, 0.3) is 5.91 Å². The third-order valence-electron chi connectivity index (χ3n) is 5.32. The van der Waals surface area contributed by atoms with Gasteiger partial charge in [0.05, 0.1) is 29.8 Å². The van der Waals surface area contributed by atoms with Crippen LogP contribution < -0.4 is 5.32 Å². The van der Waals surface area contributed by atoms with E-state index in [-0.39, 0.29) is 23.0 Å². The first-order valence-corrected chi connectivity index (χ1v) is 10.4. The lowest BCUT2D eigenvalue weighted by Crippen LogP contribution is -2.42. The van der Waals surface area contributed by atoms with Crippen LogP contribution in [-0.4, -0.2) is 47.9 Å². The molecule has 0 radical (unpaired) electrons. The number of fused-ring (bicyclic) bond motifs is 3. The second-order valence-corrected chi connectivity index (χ2v) is 8.05. The number of carbonyl (C=O) groups is 3. The monoisotopic (exact) mass is 459 g/mol. The van der Waals surface area contributed by atoms with E-state index in [4.69, 9.17) is 27.9 Å². The third-order valence-corrected chi connectivity index (χ3v) is 5.87. The molecule has 3 aromatic rings. The first-order chi connectivity index (χ1) is 14.9. The number of ether oxygens (including phenoxy) is 1. The summed E-state index contributed by atoms with van der Waals surface area (Å²) in [7, 11) is 1.34. The number of nitrogens with zero attached hydrogens (tertiary/aromatic N) is 1. The number of hydrogen-bond acceptors (Lipinski definition) is 4. The Morgan fingerprint density at radius 2 is 1.97 bits per heavy atom. The molecule has 2 heterocycles. The van der Waals surface area contributed by atoms with Crippen molar-refractivity contribution >= 4 is 51.9 Å². The zero-order valence-corrected chi connectivity index (χ0v) is 18.1. The lowest BCUT2D eigenvalue weighted by molar-refractivity contribution is -0.131. The number of aromatic amines is 1. The van der Waals surface area contributed by atoms with E-state index < -0.39 is 11.9 Å². The van der Waals surface area contributed by atoms with Gasteiger partial charge in [-0.1, -0.05) is 23.2 Å². The van der Waals surface area contributed by atoms with E-state index in [2.05, 4.69) is 10.3 Å². The Bertz CT molecular complexity index is 1200. The molecular formula is C22H19Cl2N3O4. The molecule has 0 bridgehead atoms. The predicted molar refractivity (Wildman–Crippen MR) is 118 cm³/mol. The average Bonchev–Trinajstić information content (AvgIpc) is 3.13. The molecule has 4 rings (SSSR count). The lowest BCUT2D eigenvalue weighted by atomic mass is 10.0. The van der Waals surface area contributed by atoms with Crippen LogP contribution in [0.2, 0.25) is 10.0 Å². The van der Waals surface area contributed by atoms with Gasteiger partial charge in [0.2, 0.25) is 5.91 Å². The predicted octanol–water partition coefficient (Wildman–Crippen LogP) is 3.58. The maximum absolute atomic E-state index is 12.7. The van der Waals surface area contributed by atoms with Crippen molar-refractivity contribution in [3.8, 4) is 0 Å². The summed E-state index contributed by atoms with van der Waals surface area (Å²) in [5.41, 5.74) is 3.61. The van der Waals surface area contributed by atoms with Crippen molar-refractivity contribution in [2.24, 2.45) is 0 Å². The number of aromatic nitrogens is 1. The Kier molecular flexibility index (Phi) is 5.89. The van der Waals surface area contributed by atoms with E-state index in [1.54, 1.807) is 23.1 Å². The molecule has 0 aliphatic carbocycles. The minimum atomic E-state index is -0.442. The average molecular weight is 460 g/mol. The molecule has 0 spiro atoms. The molecular weight excluding hydrogens is 441 g/mol. The van der Waals surface area contributed by atoms with Crippen molar-refractivity contribution in [3.63, 3.8) is 0 Å². The summed E-state index contributed by atoms with van der Waals surface area (Å²) in [4.78, 5) is 42.0. The van der Waals surface area contributed by atoms with Crippen LogP contribution in [0, 0.1) is 0 Å². The van der Waals surface area contributed by atoms with Gasteiger partial charge in [-0.15, -0.1) is 0 Å². The standard InChI is InChI=1S/C22H19Cl2N3O4/c1-31-22(30)12-2-5-18-15(8-12)16-11-27(7-6-19(16)26-18)20(28)10-25-21(29)14-4-3-13(23)9-17(14)24/h2-5,8-9,26H,6-7,10-11H2,1H3,(H,25,29). The Hall–Kier alpha value is -3.03. The highest BCUT2D eigenvalue weighted by Gasteiger charge is 2.25. The van der Waals surface area contributed by atoms with Crippen LogP contribution in [0.5, 0.6) is 0 Å². The van der Waals surface area contributed by atoms with Crippen LogP contribution in [0.3, 0.4) is 0 Å². The van der Waals surface area contributed by atoms with Crippen molar-refractivity contribution in [1.29, 1.82) is 0 Å². The van der Waals surface area contributed by atoms with Crippen molar-refractivity contribution in [1.82, 2.24) is 15.2 Å². The second-order valence-electron chi connectivity index (χ2n) is 7.21. The number of amides is 2. The molecule has 31 heavy (non-hydrogen) atoms. The molecule has 1 aromatic heterocycles. The molecule has 2 aromatic carbocycles. The summed E-state index contributed by atoms with van der Waals surface area (Å²) in [6.07, 6.45) is 0.653. The lowest BCUT2D eigenvalue weighted by Gasteiger charge is -2.27.